The Balaban J connectivity index is 2.76. The molecule has 0 unspecified atom stereocenters. The third-order valence-corrected chi connectivity index (χ3v) is 2.18. The highest BCUT2D eigenvalue weighted by Crippen LogP contribution is 2.08. The lowest BCUT2D eigenvalue weighted by molar-refractivity contribution is 0.185. The van der Waals surface area contributed by atoms with E-state index < -0.39 is 0 Å². The van der Waals surface area contributed by atoms with Crippen LogP contribution < -0.4 is 0 Å². The molecule has 0 saturated carbocycles. The average molecular weight is 186 g/mol. The second-order valence-corrected chi connectivity index (χ2v) is 3.44. The molecule has 0 aromatic rings. The third kappa shape index (κ3) is 11.9. The van der Waals surface area contributed by atoms with E-state index in [4.69, 9.17) is 4.74 Å². The van der Waals surface area contributed by atoms with Gasteiger partial charge in [0.1, 0.15) is 0 Å². The van der Waals surface area contributed by atoms with E-state index >= 15 is 0 Å². The summed E-state index contributed by atoms with van der Waals surface area (Å²) in [6.45, 7) is 0.886. The van der Waals surface area contributed by atoms with E-state index in [1.807, 2.05) is 0 Å². The van der Waals surface area contributed by atoms with Crippen molar-refractivity contribution in [1.82, 2.24) is 0 Å². The monoisotopic (exact) mass is 186 g/mol. The minimum Gasteiger partial charge on any atom is -0.379 e. The molecule has 78 valence electrons. The fourth-order valence-electron chi connectivity index (χ4n) is 1.37. The summed E-state index contributed by atoms with van der Waals surface area (Å²) in [4.78, 5) is 0. The smallest absolute Gasteiger partial charge is 0.0822 e. The van der Waals surface area contributed by atoms with Crippen LogP contribution in [0.1, 0.15) is 51.4 Å². The minimum absolute atomic E-state index is 0.0981. The Hall–Kier alpha value is -0.0800. The van der Waals surface area contributed by atoms with Gasteiger partial charge in [-0.15, -0.1) is 0 Å². The summed E-state index contributed by atoms with van der Waals surface area (Å²) in [7, 11) is 3.32. The first-order valence-corrected chi connectivity index (χ1v) is 5.37. The van der Waals surface area contributed by atoms with Crippen LogP contribution in [0.4, 0.5) is 0 Å². The van der Waals surface area contributed by atoms with E-state index in [1.165, 1.54) is 32.1 Å². The van der Waals surface area contributed by atoms with Crippen LogP contribution in [0.25, 0.3) is 0 Å². The van der Waals surface area contributed by atoms with Crippen molar-refractivity contribution in [2.45, 2.75) is 51.4 Å². The summed E-state index contributed by atoms with van der Waals surface area (Å²) >= 11 is 0. The fraction of sp³-hybridized carbons (Fsp3) is 0.909. The minimum atomic E-state index is 0.0981. The molecule has 0 heterocycles. The number of hydrogen-bond acceptors (Lipinski definition) is 1. The number of ether oxygens (including phenoxy) is 1. The fourth-order valence-corrected chi connectivity index (χ4v) is 1.37. The molecule has 0 aliphatic heterocycles. The summed E-state index contributed by atoms with van der Waals surface area (Å²) in [6, 6.07) is 0. The Morgan fingerprint density at radius 1 is 0.769 bits per heavy atom. The molecule has 0 saturated heterocycles. The Kier molecular flexibility index (Phi) is 11.8. The van der Waals surface area contributed by atoms with Crippen molar-refractivity contribution in [3.05, 3.63) is 7.11 Å². The van der Waals surface area contributed by atoms with Gasteiger partial charge >= 0.3 is 0 Å². The molecule has 2 radical (unpaired) electrons. The average Bonchev–Trinajstić information content (AvgIpc) is 2.16. The van der Waals surface area contributed by atoms with E-state index in [0.29, 0.717) is 0 Å². The highest BCUT2D eigenvalue weighted by atomic mass is 16.5. The lowest BCUT2D eigenvalue weighted by Gasteiger charge is -2.00. The second kappa shape index (κ2) is 11.9. The topological polar surface area (TPSA) is 29.1 Å². The van der Waals surface area contributed by atoms with E-state index in [9.17, 15) is 5.11 Å². The summed E-state index contributed by atoms with van der Waals surface area (Å²) in [5.74, 6) is 0. The van der Waals surface area contributed by atoms with Crippen LogP contribution >= 0.6 is 0 Å². The van der Waals surface area contributed by atoms with Gasteiger partial charge in [0.25, 0.3) is 0 Å². The van der Waals surface area contributed by atoms with Crippen molar-refractivity contribution < 1.29 is 9.84 Å². The zero-order valence-electron chi connectivity index (χ0n) is 8.59. The molecule has 0 aliphatic rings. The molecule has 0 fully saturated rings. The number of hydrogen-bond donors (Lipinski definition) is 0. The maximum Gasteiger partial charge on any atom is 0.0822 e. The van der Waals surface area contributed by atoms with Crippen LogP contribution in [-0.2, 0) is 9.84 Å². The largest absolute Gasteiger partial charge is 0.379 e. The molecule has 0 rings (SSSR count). The van der Waals surface area contributed by atoms with Gasteiger partial charge in [0.15, 0.2) is 0 Å². The van der Waals surface area contributed by atoms with Crippen LogP contribution in [0.5, 0.6) is 0 Å². The van der Waals surface area contributed by atoms with Crippen LogP contribution in [0.15, 0.2) is 0 Å². The SMILES string of the molecule is [CH2]OCCCCCCCCCC[O]. The van der Waals surface area contributed by atoms with Gasteiger partial charge in [-0.1, -0.05) is 38.5 Å². The highest BCUT2D eigenvalue weighted by molar-refractivity contribution is 4.46. The quantitative estimate of drug-likeness (QED) is 0.481. The lowest BCUT2D eigenvalue weighted by Crippen LogP contribution is -1.87. The van der Waals surface area contributed by atoms with Crippen LogP contribution in [-0.4, -0.2) is 13.2 Å². The summed E-state index contributed by atoms with van der Waals surface area (Å²) in [5, 5.41) is 10.1. The maximum absolute atomic E-state index is 10.1. The highest BCUT2D eigenvalue weighted by Gasteiger charge is 1.91. The van der Waals surface area contributed by atoms with Crippen molar-refractivity contribution in [1.29, 1.82) is 0 Å². The van der Waals surface area contributed by atoms with Gasteiger partial charge in [-0.25, -0.2) is 5.11 Å². The van der Waals surface area contributed by atoms with Gasteiger partial charge in [-0.05, 0) is 12.8 Å². The Labute approximate surface area is 82.3 Å². The zero-order valence-corrected chi connectivity index (χ0v) is 8.59. The predicted molar refractivity (Wildman–Crippen MR) is 53.8 cm³/mol. The van der Waals surface area contributed by atoms with E-state index in [0.717, 1.165) is 25.9 Å². The Morgan fingerprint density at radius 3 is 1.69 bits per heavy atom. The summed E-state index contributed by atoms with van der Waals surface area (Å²) < 4.78 is 4.72. The van der Waals surface area contributed by atoms with E-state index in [1.54, 1.807) is 0 Å². The normalized spacial score (nSPS) is 10.6. The van der Waals surface area contributed by atoms with Crippen LogP contribution in [0, 0.1) is 7.11 Å². The van der Waals surface area contributed by atoms with E-state index in [-0.39, 0.29) is 6.61 Å². The molecular formula is C11H22O2. The molecule has 0 amide bonds. The number of unbranched alkanes of at least 4 members (excludes halogenated alkanes) is 7. The first-order valence-electron chi connectivity index (χ1n) is 5.37. The molecule has 2 heteroatoms. The number of rotatable bonds is 10. The molecule has 0 aromatic heterocycles. The second-order valence-electron chi connectivity index (χ2n) is 3.44. The van der Waals surface area contributed by atoms with Crippen LogP contribution in [0.2, 0.25) is 0 Å². The van der Waals surface area contributed by atoms with Crippen molar-refractivity contribution in [2.75, 3.05) is 13.2 Å². The van der Waals surface area contributed by atoms with Gasteiger partial charge in [0, 0.05) is 6.61 Å². The van der Waals surface area contributed by atoms with Crippen molar-refractivity contribution in [3.8, 4) is 0 Å². The van der Waals surface area contributed by atoms with Crippen molar-refractivity contribution in [2.24, 2.45) is 0 Å². The molecule has 0 aliphatic carbocycles. The van der Waals surface area contributed by atoms with Gasteiger partial charge in [0.2, 0.25) is 0 Å². The molecule has 13 heavy (non-hydrogen) atoms. The Bertz CT molecular complexity index is 74.2. The predicted octanol–water partition coefficient (Wildman–Crippen LogP) is 3.35. The molecule has 0 aromatic carbocycles. The Morgan fingerprint density at radius 2 is 1.23 bits per heavy atom. The standard InChI is InChI=1S/C11H22O2/c1-13-11-9-7-5-3-2-4-6-8-10-12/h1-11H2. The van der Waals surface area contributed by atoms with Gasteiger partial charge < -0.3 is 4.74 Å². The lowest BCUT2D eigenvalue weighted by atomic mass is 10.1. The van der Waals surface area contributed by atoms with Gasteiger partial charge in [-0.3, -0.25) is 0 Å². The first kappa shape index (κ1) is 12.9. The maximum atomic E-state index is 10.1. The van der Waals surface area contributed by atoms with E-state index in [2.05, 4.69) is 7.11 Å². The summed E-state index contributed by atoms with van der Waals surface area (Å²) in [5.41, 5.74) is 0. The van der Waals surface area contributed by atoms with Gasteiger partial charge in [0.05, 0.1) is 13.7 Å². The first-order chi connectivity index (χ1) is 6.41. The van der Waals surface area contributed by atoms with Crippen molar-refractivity contribution >= 4 is 0 Å². The molecule has 0 bridgehead atoms. The zero-order chi connectivity index (χ0) is 9.78. The molecule has 2 nitrogen and oxygen atoms in total. The molecule has 0 N–H and O–H groups in total. The molecule has 0 atom stereocenters. The molecule has 0 spiro atoms. The molecular weight excluding hydrogens is 164 g/mol. The van der Waals surface area contributed by atoms with Gasteiger partial charge in [-0.2, -0.15) is 0 Å². The van der Waals surface area contributed by atoms with Crippen molar-refractivity contribution in [3.63, 3.8) is 0 Å². The van der Waals surface area contributed by atoms with Crippen LogP contribution in [0.3, 0.4) is 0 Å². The third-order valence-electron chi connectivity index (χ3n) is 2.18. The summed E-state index contributed by atoms with van der Waals surface area (Å²) in [6.07, 6.45) is 9.46.